The fourth-order valence-electron chi connectivity index (χ4n) is 3.91. The summed E-state index contributed by atoms with van der Waals surface area (Å²) in [4.78, 5) is 37.8. The maximum atomic E-state index is 12.7. The maximum absolute atomic E-state index is 12.7. The van der Waals surface area contributed by atoms with Gasteiger partial charge in [0.05, 0.1) is 12.2 Å². The topological polar surface area (TPSA) is 65.9 Å². The van der Waals surface area contributed by atoms with Crippen molar-refractivity contribution >= 4 is 17.6 Å². The molecule has 2 amide bonds. The first-order chi connectivity index (χ1) is 12.0. The van der Waals surface area contributed by atoms with Gasteiger partial charge in [0.1, 0.15) is 11.4 Å². The Hall–Kier alpha value is -2.24. The molecule has 0 radical (unpaired) electrons. The molecule has 1 aromatic rings. The van der Waals surface area contributed by atoms with Crippen molar-refractivity contribution in [3.05, 3.63) is 30.1 Å². The zero-order valence-electron chi connectivity index (χ0n) is 15.2. The standard InChI is InChI=1S/C19H26N4O2/c1-4-16-21-19(18(25)23(16)3)10-8-14(9-11-19)17(24)22(2)13-15-7-5-6-12-20-15/h5-7,12,14H,4,8-11,13H2,1-3H3. The van der Waals surface area contributed by atoms with Crippen LogP contribution in [0.5, 0.6) is 0 Å². The van der Waals surface area contributed by atoms with Crippen molar-refractivity contribution < 1.29 is 9.59 Å². The molecule has 1 aromatic heterocycles. The van der Waals surface area contributed by atoms with Gasteiger partial charge in [-0.05, 0) is 37.8 Å². The predicted molar refractivity (Wildman–Crippen MR) is 95.9 cm³/mol. The normalized spacial score (nSPS) is 26.0. The van der Waals surface area contributed by atoms with E-state index in [1.807, 2.05) is 32.2 Å². The molecule has 0 atom stereocenters. The second-order valence-electron chi connectivity index (χ2n) is 7.07. The molecule has 2 aliphatic rings. The van der Waals surface area contributed by atoms with Gasteiger partial charge in [-0.25, -0.2) is 0 Å². The van der Waals surface area contributed by atoms with Crippen molar-refractivity contribution in [2.75, 3.05) is 14.1 Å². The van der Waals surface area contributed by atoms with Crippen LogP contribution in [0.25, 0.3) is 0 Å². The molecular weight excluding hydrogens is 316 g/mol. The average molecular weight is 342 g/mol. The molecule has 1 aliphatic carbocycles. The number of carbonyl (C=O) groups excluding carboxylic acids is 2. The molecule has 1 spiro atoms. The SMILES string of the molecule is CCC1=NC2(CCC(C(=O)N(C)Cc3ccccn3)CC2)C(=O)N1C. The second kappa shape index (κ2) is 6.94. The van der Waals surface area contributed by atoms with E-state index in [0.29, 0.717) is 32.2 Å². The van der Waals surface area contributed by atoms with Gasteiger partial charge in [0.15, 0.2) is 0 Å². The van der Waals surface area contributed by atoms with Gasteiger partial charge in [-0.1, -0.05) is 13.0 Å². The van der Waals surface area contributed by atoms with Crippen molar-refractivity contribution in [2.45, 2.75) is 51.1 Å². The highest BCUT2D eigenvalue weighted by Gasteiger charge is 2.49. The van der Waals surface area contributed by atoms with Crippen molar-refractivity contribution in [3.8, 4) is 0 Å². The highest BCUT2D eigenvalue weighted by Crippen LogP contribution is 2.40. The number of aliphatic imine (C=N–C) groups is 1. The highest BCUT2D eigenvalue weighted by molar-refractivity contribution is 6.08. The summed E-state index contributed by atoms with van der Waals surface area (Å²) in [5.74, 6) is 1.07. The number of pyridine rings is 1. The third-order valence-electron chi connectivity index (χ3n) is 5.41. The van der Waals surface area contributed by atoms with Crippen LogP contribution in [0.4, 0.5) is 0 Å². The molecule has 6 nitrogen and oxygen atoms in total. The van der Waals surface area contributed by atoms with Crippen LogP contribution in [0.15, 0.2) is 29.4 Å². The smallest absolute Gasteiger partial charge is 0.255 e. The molecule has 1 saturated carbocycles. The van der Waals surface area contributed by atoms with Crippen molar-refractivity contribution in [3.63, 3.8) is 0 Å². The molecule has 134 valence electrons. The van der Waals surface area contributed by atoms with Gasteiger partial charge in [-0.2, -0.15) is 0 Å². The minimum atomic E-state index is -0.615. The van der Waals surface area contributed by atoms with Crippen LogP contribution in [-0.2, 0) is 16.1 Å². The Morgan fingerprint density at radius 2 is 2.08 bits per heavy atom. The number of nitrogens with zero attached hydrogens (tertiary/aromatic N) is 4. The summed E-state index contributed by atoms with van der Waals surface area (Å²) in [6.45, 7) is 2.53. The summed E-state index contributed by atoms with van der Waals surface area (Å²) in [5.41, 5.74) is 0.270. The maximum Gasteiger partial charge on any atom is 0.255 e. The molecular formula is C19H26N4O2. The molecule has 0 bridgehead atoms. The molecule has 6 heteroatoms. The Morgan fingerprint density at radius 3 is 2.64 bits per heavy atom. The van der Waals surface area contributed by atoms with E-state index in [1.165, 1.54) is 0 Å². The van der Waals surface area contributed by atoms with E-state index in [1.54, 1.807) is 23.0 Å². The lowest BCUT2D eigenvalue weighted by molar-refractivity contribution is -0.139. The van der Waals surface area contributed by atoms with E-state index < -0.39 is 5.54 Å². The number of rotatable bonds is 4. The first-order valence-electron chi connectivity index (χ1n) is 8.98. The Bertz CT molecular complexity index is 678. The fraction of sp³-hybridized carbons (Fsp3) is 0.579. The average Bonchev–Trinajstić information content (AvgIpc) is 2.87. The number of hydrogen-bond donors (Lipinski definition) is 0. The van der Waals surface area contributed by atoms with Gasteiger partial charge in [0.25, 0.3) is 5.91 Å². The molecule has 0 aromatic carbocycles. The van der Waals surface area contributed by atoms with Gasteiger partial charge in [-0.15, -0.1) is 0 Å². The molecule has 2 heterocycles. The fourth-order valence-corrected chi connectivity index (χ4v) is 3.91. The zero-order valence-corrected chi connectivity index (χ0v) is 15.2. The van der Waals surface area contributed by atoms with Crippen molar-refractivity contribution in [1.29, 1.82) is 0 Å². The first-order valence-corrected chi connectivity index (χ1v) is 8.98. The van der Waals surface area contributed by atoms with E-state index in [-0.39, 0.29) is 17.7 Å². The van der Waals surface area contributed by atoms with Crippen LogP contribution in [-0.4, -0.2) is 52.1 Å². The third-order valence-corrected chi connectivity index (χ3v) is 5.41. The lowest BCUT2D eigenvalue weighted by Gasteiger charge is -2.34. The van der Waals surface area contributed by atoms with E-state index in [4.69, 9.17) is 4.99 Å². The number of hydrogen-bond acceptors (Lipinski definition) is 4. The summed E-state index contributed by atoms with van der Waals surface area (Å²) in [5, 5.41) is 0. The Morgan fingerprint density at radius 1 is 1.36 bits per heavy atom. The number of amidine groups is 1. The summed E-state index contributed by atoms with van der Waals surface area (Å²) in [6.07, 6.45) is 5.25. The summed E-state index contributed by atoms with van der Waals surface area (Å²) >= 11 is 0. The molecule has 0 unspecified atom stereocenters. The minimum Gasteiger partial charge on any atom is -0.340 e. The zero-order chi connectivity index (χ0) is 18.0. The van der Waals surface area contributed by atoms with Crippen LogP contribution in [0.2, 0.25) is 0 Å². The second-order valence-corrected chi connectivity index (χ2v) is 7.07. The van der Waals surface area contributed by atoms with Crippen LogP contribution >= 0.6 is 0 Å². The third kappa shape index (κ3) is 3.30. The lowest BCUT2D eigenvalue weighted by Crippen LogP contribution is -2.45. The quantitative estimate of drug-likeness (QED) is 0.843. The molecule has 3 rings (SSSR count). The number of carbonyl (C=O) groups is 2. The summed E-state index contributed by atoms with van der Waals surface area (Å²) in [7, 11) is 3.63. The molecule has 1 aliphatic heterocycles. The predicted octanol–water partition coefficient (Wildman–Crippen LogP) is 2.25. The Labute approximate surface area is 148 Å². The van der Waals surface area contributed by atoms with Gasteiger partial charge < -0.3 is 9.80 Å². The van der Waals surface area contributed by atoms with Crippen molar-refractivity contribution in [2.24, 2.45) is 10.9 Å². The van der Waals surface area contributed by atoms with Crippen LogP contribution in [0, 0.1) is 5.92 Å². The Kier molecular flexibility index (Phi) is 4.88. The highest BCUT2D eigenvalue weighted by atomic mass is 16.2. The van der Waals surface area contributed by atoms with E-state index in [2.05, 4.69) is 4.98 Å². The van der Waals surface area contributed by atoms with E-state index in [9.17, 15) is 9.59 Å². The van der Waals surface area contributed by atoms with Crippen LogP contribution in [0.1, 0.15) is 44.7 Å². The minimum absolute atomic E-state index is 0.0293. The summed E-state index contributed by atoms with van der Waals surface area (Å²) in [6, 6.07) is 5.72. The number of likely N-dealkylation sites (N-methyl/N-ethyl adjacent to an activating group) is 1. The lowest BCUT2D eigenvalue weighted by atomic mass is 9.76. The van der Waals surface area contributed by atoms with E-state index >= 15 is 0 Å². The molecule has 1 fully saturated rings. The first kappa shape index (κ1) is 17.6. The van der Waals surface area contributed by atoms with Crippen LogP contribution < -0.4 is 0 Å². The van der Waals surface area contributed by atoms with Gasteiger partial charge in [-0.3, -0.25) is 19.6 Å². The van der Waals surface area contributed by atoms with Crippen molar-refractivity contribution in [1.82, 2.24) is 14.8 Å². The van der Waals surface area contributed by atoms with Gasteiger partial charge in [0, 0.05) is 32.6 Å². The number of aromatic nitrogens is 1. The van der Waals surface area contributed by atoms with E-state index in [0.717, 1.165) is 18.0 Å². The molecule has 0 saturated heterocycles. The monoisotopic (exact) mass is 342 g/mol. The molecule has 0 N–H and O–H groups in total. The Balaban J connectivity index is 1.61. The number of amides is 2. The summed E-state index contributed by atoms with van der Waals surface area (Å²) < 4.78 is 0. The largest absolute Gasteiger partial charge is 0.340 e. The van der Waals surface area contributed by atoms with Gasteiger partial charge in [0.2, 0.25) is 5.91 Å². The molecule has 25 heavy (non-hydrogen) atoms. The van der Waals surface area contributed by atoms with Gasteiger partial charge >= 0.3 is 0 Å². The van der Waals surface area contributed by atoms with Crippen LogP contribution in [0.3, 0.4) is 0 Å².